The number of carbonyl (C=O) groups excluding carboxylic acids is 2. The Bertz CT molecular complexity index is 1330. The number of rotatable bonds is 6. The molecule has 0 spiro atoms. The van der Waals surface area contributed by atoms with Crippen LogP contribution in [0, 0.1) is 6.92 Å². The number of aryl methyl sites for hydroxylation is 1. The lowest BCUT2D eigenvalue weighted by Crippen LogP contribution is -2.44. The number of hydrogen-bond acceptors (Lipinski definition) is 5. The quantitative estimate of drug-likeness (QED) is 0.268. The number of benzene rings is 3. The number of hydrogen-bond donors (Lipinski definition) is 1. The first-order valence-electron chi connectivity index (χ1n) is 10.1. The van der Waals surface area contributed by atoms with E-state index < -0.39 is 11.8 Å². The third-order valence-corrected chi connectivity index (χ3v) is 7.03. The minimum Gasteiger partial charge on any atom is -0.488 e. The molecule has 2 amide bonds. The molecule has 3 aromatic rings. The fraction of sp³-hybridized carbons (Fsp3) is 0.0800. The van der Waals surface area contributed by atoms with Gasteiger partial charge in [-0.05, 0) is 72.7 Å². The second-order valence-electron chi connectivity index (χ2n) is 7.37. The number of amides is 2. The Morgan fingerprint density at radius 3 is 2.74 bits per heavy atom. The van der Waals surface area contributed by atoms with Crippen LogP contribution in [0.5, 0.6) is 5.75 Å². The van der Waals surface area contributed by atoms with E-state index in [1.54, 1.807) is 24.3 Å². The summed E-state index contributed by atoms with van der Waals surface area (Å²) in [6.45, 7) is 2.43. The van der Waals surface area contributed by atoms with E-state index in [1.165, 1.54) is 6.07 Å². The van der Waals surface area contributed by atoms with Crippen LogP contribution < -0.4 is 10.2 Å². The monoisotopic (exact) mass is 572 g/mol. The maximum absolute atomic E-state index is 13.0. The molecular formula is C25H18BrClN2O3S2. The molecule has 4 rings (SSSR count). The number of nitrogens with zero attached hydrogens (tertiary/aromatic N) is 1. The van der Waals surface area contributed by atoms with Crippen LogP contribution >= 0.6 is 51.5 Å². The van der Waals surface area contributed by atoms with Crippen LogP contribution in [0.4, 0.5) is 0 Å². The van der Waals surface area contributed by atoms with Crippen molar-refractivity contribution in [1.29, 1.82) is 0 Å². The van der Waals surface area contributed by atoms with Crippen LogP contribution in [0.15, 0.2) is 76.1 Å². The summed E-state index contributed by atoms with van der Waals surface area (Å²) in [5, 5.41) is 1.49. The molecule has 9 heteroatoms. The van der Waals surface area contributed by atoms with E-state index in [0.29, 0.717) is 33.4 Å². The molecule has 1 aliphatic rings. The zero-order chi connectivity index (χ0) is 24.2. The predicted octanol–water partition coefficient (Wildman–Crippen LogP) is 6.54. The second-order valence-corrected chi connectivity index (χ2v) is 10.4. The van der Waals surface area contributed by atoms with Crippen LogP contribution in [0.2, 0.25) is 5.02 Å². The molecule has 0 bridgehead atoms. The first kappa shape index (κ1) is 24.5. The van der Waals surface area contributed by atoms with Gasteiger partial charge in [0.2, 0.25) is 0 Å². The van der Waals surface area contributed by atoms with Gasteiger partial charge in [0, 0.05) is 20.6 Å². The highest BCUT2D eigenvalue weighted by Crippen LogP contribution is 2.34. The molecule has 0 unspecified atom stereocenters. The highest BCUT2D eigenvalue weighted by atomic mass is 79.9. The highest BCUT2D eigenvalue weighted by Gasteiger charge is 2.34. The third kappa shape index (κ3) is 5.70. The van der Waals surface area contributed by atoms with Crippen molar-refractivity contribution in [1.82, 2.24) is 10.4 Å². The van der Waals surface area contributed by atoms with Gasteiger partial charge in [-0.3, -0.25) is 15.0 Å². The molecule has 1 N–H and O–H groups in total. The van der Waals surface area contributed by atoms with Crippen molar-refractivity contribution in [2.75, 3.05) is 0 Å². The Kier molecular flexibility index (Phi) is 7.73. The van der Waals surface area contributed by atoms with E-state index in [0.717, 1.165) is 32.4 Å². The summed E-state index contributed by atoms with van der Waals surface area (Å²) in [7, 11) is 0. The zero-order valence-electron chi connectivity index (χ0n) is 17.9. The topological polar surface area (TPSA) is 58.6 Å². The summed E-state index contributed by atoms with van der Waals surface area (Å²) < 4.78 is 7.14. The van der Waals surface area contributed by atoms with Gasteiger partial charge >= 0.3 is 0 Å². The predicted molar refractivity (Wildman–Crippen MR) is 144 cm³/mol. The summed E-state index contributed by atoms with van der Waals surface area (Å²) in [5.74, 6) is -0.278. The largest absolute Gasteiger partial charge is 0.488 e. The van der Waals surface area contributed by atoms with Crippen molar-refractivity contribution < 1.29 is 14.3 Å². The Labute approximate surface area is 220 Å². The summed E-state index contributed by atoms with van der Waals surface area (Å²) in [6, 6.07) is 20.0. The van der Waals surface area contributed by atoms with Gasteiger partial charge in [-0.25, -0.2) is 0 Å². The molecular weight excluding hydrogens is 556 g/mol. The van der Waals surface area contributed by atoms with Crippen molar-refractivity contribution in [3.05, 3.63) is 103 Å². The molecule has 1 aliphatic heterocycles. The highest BCUT2D eigenvalue weighted by molar-refractivity contribution is 9.10. The Hall–Kier alpha value is -2.65. The molecule has 34 heavy (non-hydrogen) atoms. The molecule has 0 radical (unpaired) electrons. The van der Waals surface area contributed by atoms with Crippen LogP contribution in [0.25, 0.3) is 6.08 Å². The van der Waals surface area contributed by atoms with Gasteiger partial charge < -0.3 is 4.74 Å². The lowest BCUT2D eigenvalue weighted by atomic mass is 10.1. The smallest absolute Gasteiger partial charge is 0.285 e. The molecule has 172 valence electrons. The molecule has 0 aromatic heterocycles. The first-order chi connectivity index (χ1) is 16.3. The van der Waals surface area contributed by atoms with Gasteiger partial charge in [0.05, 0.1) is 4.91 Å². The minimum absolute atomic E-state index is 0.226. The van der Waals surface area contributed by atoms with Crippen molar-refractivity contribution in [3.63, 3.8) is 0 Å². The van der Waals surface area contributed by atoms with E-state index >= 15 is 0 Å². The fourth-order valence-corrected chi connectivity index (χ4v) is 4.93. The molecule has 1 heterocycles. The van der Waals surface area contributed by atoms with Crippen molar-refractivity contribution >= 4 is 73.7 Å². The molecule has 3 aromatic carbocycles. The molecule has 0 atom stereocenters. The van der Waals surface area contributed by atoms with Crippen LogP contribution in [-0.4, -0.2) is 21.1 Å². The minimum atomic E-state index is -0.482. The average Bonchev–Trinajstić information content (AvgIpc) is 3.07. The van der Waals surface area contributed by atoms with E-state index in [1.807, 2.05) is 49.4 Å². The van der Waals surface area contributed by atoms with Crippen LogP contribution in [0.3, 0.4) is 0 Å². The Balaban J connectivity index is 1.54. The average molecular weight is 574 g/mol. The van der Waals surface area contributed by atoms with Gasteiger partial charge in [-0.2, -0.15) is 5.01 Å². The standard InChI is InChI=1S/C25H18BrClN2O3S2/c1-15-5-2-3-6-17(15)14-32-21-10-9-19(26)11-18(21)13-22-24(31)29(25(33)34-22)28-23(30)16-7-4-8-20(27)12-16/h2-13H,14H2,1H3,(H,28,30)/b22-13+. The van der Waals surface area contributed by atoms with Crippen LogP contribution in [-0.2, 0) is 11.4 Å². The number of nitrogens with one attached hydrogen (secondary N) is 1. The summed E-state index contributed by atoms with van der Waals surface area (Å²) in [6.07, 6.45) is 1.71. The van der Waals surface area contributed by atoms with Gasteiger partial charge in [0.15, 0.2) is 4.32 Å². The normalized spacial score (nSPS) is 14.6. The summed E-state index contributed by atoms with van der Waals surface area (Å²) >= 11 is 15.9. The van der Waals surface area contributed by atoms with Gasteiger partial charge in [0.25, 0.3) is 11.8 Å². The van der Waals surface area contributed by atoms with Crippen molar-refractivity contribution in [2.24, 2.45) is 0 Å². The third-order valence-electron chi connectivity index (χ3n) is 5.00. The number of ether oxygens (including phenoxy) is 1. The van der Waals surface area contributed by atoms with Crippen molar-refractivity contribution in [2.45, 2.75) is 13.5 Å². The number of halogens is 2. The zero-order valence-corrected chi connectivity index (χ0v) is 21.9. The van der Waals surface area contributed by atoms with Gasteiger partial charge in [-0.1, -0.05) is 69.6 Å². The Morgan fingerprint density at radius 2 is 1.97 bits per heavy atom. The van der Waals surface area contributed by atoms with Gasteiger partial charge in [0.1, 0.15) is 12.4 Å². The van der Waals surface area contributed by atoms with Crippen molar-refractivity contribution in [3.8, 4) is 5.75 Å². The second kappa shape index (κ2) is 10.7. The van der Waals surface area contributed by atoms with Gasteiger partial charge in [-0.15, -0.1) is 0 Å². The maximum Gasteiger partial charge on any atom is 0.285 e. The molecule has 5 nitrogen and oxygen atoms in total. The molecule has 1 fully saturated rings. The van der Waals surface area contributed by atoms with E-state index in [4.69, 9.17) is 28.6 Å². The lowest BCUT2D eigenvalue weighted by molar-refractivity contribution is -0.123. The fourth-order valence-electron chi connectivity index (χ4n) is 3.19. The van der Waals surface area contributed by atoms with E-state index in [9.17, 15) is 9.59 Å². The van der Waals surface area contributed by atoms with E-state index in [2.05, 4.69) is 21.4 Å². The summed E-state index contributed by atoms with van der Waals surface area (Å²) in [5.41, 5.74) is 5.81. The van der Waals surface area contributed by atoms with E-state index in [-0.39, 0.29) is 4.32 Å². The van der Waals surface area contributed by atoms with Crippen LogP contribution in [0.1, 0.15) is 27.0 Å². The number of thiocarbonyl (C=S) groups is 1. The first-order valence-corrected chi connectivity index (χ1v) is 12.5. The number of hydrazine groups is 1. The Morgan fingerprint density at radius 1 is 1.18 bits per heavy atom. The number of thioether (sulfide) groups is 1. The summed E-state index contributed by atoms with van der Waals surface area (Å²) in [4.78, 5) is 26.0. The number of carbonyl (C=O) groups is 2. The lowest BCUT2D eigenvalue weighted by Gasteiger charge is -2.15. The maximum atomic E-state index is 13.0. The SMILES string of the molecule is Cc1ccccc1COc1ccc(Br)cc1/C=C1/SC(=S)N(NC(=O)c2cccc(Cl)c2)C1=O. The molecule has 0 saturated carbocycles. The molecule has 1 saturated heterocycles. The molecule has 0 aliphatic carbocycles.